The van der Waals surface area contributed by atoms with Gasteiger partial charge in [0, 0.05) is 19.3 Å². The number of pyridine rings is 1. The van der Waals surface area contributed by atoms with Crippen LogP contribution in [0, 0.1) is 0 Å². The Morgan fingerprint density at radius 2 is 2.31 bits per heavy atom. The van der Waals surface area contributed by atoms with Gasteiger partial charge >= 0.3 is 0 Å². The largest absolute Gasteiger partial charge is 0.357 e. The lowest BCUT2D eigenvalue weighted by Gasteiger charge is -2.25. The van der Waals surface area contributed by atoms with Crippen molar-refractivity contribution < 1.29 is 0 Å². The summed E-state index contributed by atoms with van der Waals surface area (Å²) < 4.78 is 0. The van der Waals surface area contributed by atoms with Gasteiger partial charge in [-0.25, -0.2) is 4.98 Å². The molecule has 0 bridgehead atoms. The molecule has 0 aromatic carbocycles. The van der Waals surface area contributed by atoms with Gasteiger partial charge < -0.3 is 10.6 Å². The number of nitrogens with zero attached hydrogens (tertiary/aromatic N) is 2. The molecule has 0 fully saturated rings. The SMILES string of the molecule is CC(CCN)N(C)c1ccccn1. The molecule has 1 heterocycles. The van der Waals surface area contributed by atoms with E-state index in [0.29, 0.717) is 6.04 Å². The van der Waals surface area contributed by atoms with Crippen LogP contribution in [-0.2, 0) is 0 Å². The number of nitrogens with two attached hydrogens (primary N) is 1. The van der Waals surface area contributed by atoms with Crippen LogP contribution in [0.15, 0.2) is 24.4 Å². The predicted octanol–water partition coefficient (Wildman–Crippen LogP) is 1.26. The van der Waals surface area contributed by atoms with E-state index >= 15 is 0 Å². The summed E-state index contributed by atoms with van der Waals surface area (Å²) in [4.78, 5) is 6.41. The summed E-state index contributed by atoms with van der Waals surface area (Å²) in [6.07, 6.45) is 2.80. The molecule has 1 atom stereocenters. The van der Waals surface area contributed by atoms with Crippen molar-refractivity contribution in [3.05, 3.63) is 24.4 Å². The van der Waals surface area contributed by atoms with E-state index in [1.165, 1.54) is 0 Å². The van der Waals surface area contributed by atoms with Crippen molar-refractivity contribution in [1.82, 2.24) is 4.98 Å². The molecule has 1 aromatic heterocycles. The van der Waals surface area contributed by atoms with Crippen LogP contribution in [0.4, 0.5) is 5.82 Å². The second-order valence-corrected chi connectivity index (χ2v) is 3.23. The summed E-state index contributed by atoms with van der Waals surface area (Å²) in [5, 5.41) is 0. The monoisotopic (exact) mass is 179 g/mol. The van der Waals surface area contributed by atoms with Gasteiger partial charge in [0.15, 0.2) is 0 Å². The van der Waals surface area contributed by atoms with Crippen LogP contribution in [-0.4, -0.2) is 24.6 Å². The van der Waals surface area contributed by atoms with Gasteiger partial charge in [-0.3, -0.25) is 0 Å². The normalized spacial score (nSPS) is 12.5. The Balaban J connectivity index is 2.62. The predicted molar refractivity (Wildman–Crippen MR) is 55.8 cm³/mol. The van der Waals surface area contributed by atoms with E-state index in [1.54, 1.807) is 6.20 Å². The molecular weight excluding hydrogens is 162 g/mol. The fourth-order valence-corrected chi connectivity index (χ4v) is 1.22. The van der Waals surface area contributed by atoms with E-state index in [1.807, 2.05) is 25.2 Å². The van der Waals surface area contributed by atoms with Crippen molar-refractivity contribution in [1.29, 1.82) is 0 Å². The Morgan fingerprint density at radius 1 is 1.54 bits per heavy atom. The zero-order chi connectivity index (χ0) is 9.68. The number of anilines is 1. The minimum absolute atomic E-state index is 0.444. The highest BCUT2D eigenvalue weighted by molar-refractivity contribution is 5.37. The van der Waals surface area contributed by atoms with E-state index < -0.39 is 0 Å². The fourth-order valence-electron chi connectivity index (χ4n) is 1.22. The van der Waals surface area contributed by atoms with Gasteiger partial charge in [-0.1, -0.05) is 6.07 Å². The molecule has 0 amide bonds. The summed E-state index contributed by atoms with van der Waals surface area (Å²) in [5.74, 6) is 1.00. The van der Waals surface area contributed by atoms with Crippen LogP contribution < -0.4 is 10.6 Å². The smallest absolute Gasteiger partial charge is 0.128 e. The molecule has 0 saturated carbocycles. The molecule has 0 aliphatic carbocycles. The van der Waals surface area contributed by atoms with Crippen LogP contribution in [0.2, 0.25) is 0 Å². The molecule has 3 heteroatoms. The lowest BCUT2D eigenvalue weighted by atomic mass is 10.2. The van der Waals surface area contributed by atoms with Crippen LogP contribution in [0.25, 0.3) is 0 Å². The summed E-state index contributed by atoms with van der Waals surface area (Å²) in [5.41, 5.74) is 5.50. The van der Waals surface area contributed by atoms with Gasteiger partial charge in [-0.05, 0) is 32.0 Å². The molecule has 2 N–H and O–H groups in total. The molecule has 0 saturated heterocycles. The maximum Gasteiger partial charge on any atom is 0.128 e. The zero-order valence-electron chi connectivity index (χ0n) is 8.27. The highest BCUT2D eigenvalue weighted by Gasteiger charge is 2.08. The number of rotatable bonds is 4. The summed E-state index contributed by atoms with van der Waals surface area (Å²) in [6, 6.07) is 6.37. The lowest BCUT2D eigenvalue weighted by Crippen LogP contribution is -2.31. The minimum atomic E-state index is 0.444. The number of hydrogen-bond donors (Lipinski definition) is 1. The second kappa shape index (κ2) is 4.82. The molecule has 0 spiro atoms. The Labute approximate surface area is 79.6 Å². The standard InChI is InChI=1S/C10H17N3/c1-9(6-7-11)13(2)10-5-3-4-8-12-10/h3-5,8-9H,6-7,11H2,1-2H3. The van der Waals surface area contributed by atoms with Crippen molar-refractivity contribution in [2.75, 3.05) is 18.5 Å². The molecule has 13 heavy (non-hydrogen) atoms. The fraction of sp³-hybridized carbons (Fsp3) is 0.500. The summed E-state index contributed by atoms with van der Waals surface area (Å²) in [6.45, 7) is 2.87. The van der Waals surface area contributed by atoms with Gasteiger partial charge in [0.25, 0.3) is 0 Å². The van der Waals surface area contributed by atoms with E-state index in [9.17, 15) is 0 Å². The van der Waals surface area contributed by atoms with Crippen LogP contribution in [0.5, 0.6) is 0 Å². The van der Waals surface area contributed by atoms with Crippen molar-refractivity contribution in [2.45, 2.75) is 19.4 Å². The van der Waals surface area contributed by atoms with Crippen molar-refractivity contribution in [3.8, 4) is 0 Å². The summed E-state index contributed by atoms with van der Waals surface area (Å²) >= 11 is 0. The molecular formula is C10H17N3. The average molecular weight is 179 g/mol. The van der Waals surface area contributed by atoms with Gasteiger partial charge in [-0.2, -0.15) is 0 Å². The first kappa shape index (κ1) is 9.99. The maximum atomic E-state index is 5.50. The molecule has 0 aliphatic heterocycles. The Morgan fingerprint density at radius 3 is 2.85 bits per heavy atom. The highest BCUT2D eigenvalue weighted by atomic mass is 15.2. The first-order valence-electron chi connectivity index (χ1n) is 4.59. The van der Waals surface area contributed by atoms with E-state index in [2.05, 4.69) is 16.8 Å². The topological polar surface area (TPSA) is 42.1 Å². The van der Waals surface area contributed by atoms with E-state index in [4.69, 9.17) is 5.73 Å². The Bertz CT molecular complexity index is 235. The van der Waals surface area contributed by atoms with Crippen molar-refractivity contribution in [3.63, 3.8) is 0 Å². The van der Waals surface area contributed by atoms with Crippen LogP contribution in [0.3, 0.4) is 0 Å². The third-order valence-corrected chi connectivity index (χ3v) is 2.26. The zero-order valence-corrected chi connectivity index (χ0v) is 8.27. The van der Waals surface area contributed by atoms with Gasteiger partial charge in [0.2, 0.25) is 0 Å². The van der Waals surface area contributed by atoms with E-state index in [0.717, 1.165) is 18.8 Å². The minimum Gasteiger partial charge on any atom is -0.357 e. The number of aromatic nitrogens is 1. The molecule has 3 nitrogen and oxygen atoms in total. The number of hydrogen-bond acceptors (Lipinski definition) is 3. The highest BCUT2D eigenvalue weighted by Crippen LogP contribution is 2.11. The third-order valence-electron chi connectivity index (χ3n) is 2.26. The van der Waals surface area contributed by atoms with Gasteiger partial charge in [0.05, 0.1) is 0 Å². The first-order valence-corrected chi connectivity index (χ1v) is 4.59. The second-order valence-electron chi connectivity index (χ2n) is 3.23. The maximum absolute atomic E-state index is 5.50. The van der Waals surface area contributed by atoms with Crippen molar-refractivity contribution in [2.24, 2.45) is 5.73 Å². The summed E-state index contributed by atoms with van der Waals surface area (Å²) in [7, 11) is 2.04. The average Bonchev–Trinajstić information content (AvgIpc) is 2.18. The molecule has 1 aromatic rings. The molecule has 0 radical (unpaired) electrons. The lowest BCUT2D eigenvalue weighted by molar-refractivity contribution is 0.629. The molecule has 72 valence electrons. The van der Waals surface area contributed by atoms with Crippen molar-refractivity contribution >= 4 is 5.82 Å². The molecule has 1 unspecified atom stereocenters. The molecule has 0 aliphatic rings. The van der Waals surface area contributed by atoms with Gasteiger partial charge in [-0.15, -0.1) is 0 Å². The quantitative estimate of drug-likeness (QED) is 0.756. The molecule has 1 rings (SSSR count). The van der Waals surface area contributed by atoms with E-state index in [-0.39, 0.29) is 0 Å². The van der Waals surface area contributed by atoms with Gasteiger partial charge in [0.1, 0.15) is 5.82 Å². The first-order chi connectivity index (χ1) is 6.25. The third kappa shape index (κ3) is 2.70. The Kier molecular flexibility index (Phi) is 3.71. The van der Waals surface area contributed by atoms with Crippen LogP contribution >= 0.6 is 0 Å². The Hall–Kier alpha value is -1.09. The van der Waals surface area contributed by atoms with Crippen LogP contribution in [0.1, 0.15) is 13.3 Å².